The first kappa shape index (κ1) is 17.6. The molecule has 4 rings (SSSR count). The third kappa shape index (κ3) is 3.54. The maximum Gasteiger partial charge on any atom is 0.257 e. The molecular weight excluding hydrogens is 344 g/mol. The minimum atomic E-state index is -0.0764. The molecule has 0 N–H and O–H groups in total. The Morgan fingerprint density at radius 2 is 2.11 bits per heavy atom. The van der Waals surface area contributed by atoms with Crippen molar-refractivity contribution in [1.29, 1.82) is 0 Å². The number of methoxy groups -OCH3 is 1. The molecule has 0 aliphatic carbocycles. The second kappa shape index (κ2) is 7.42. The van der Waals surface area contributed by atoms with E-state index in [0.29, 0.717) is 25.2 Å². The average molecular weight is 368 g/mol. The van der Waals surface area contributed by atoms with E-state index in [2.05, 4.69) is 5.10 Å². The van der Waals surface area contributed by atoms with Gasteiger partial charge in [-0.3, -0.25) is 14.3 Å². The molecule has 0 atom stereocenters. The van der Waals surface area contributed by atoms with E-state index < -0.39 is 0 Å². The summed E-state index contributed by atoms with van der Waals surface area (Å²) in [7, 11) is 1.63. The molecule has 7 nitrogen and oxygen atoms in total. The minimum absolute atomic E-state index is 0.0292. The van der Waals surface area contributed by atoms with Gasteiger partial charge in [-0.2, -0.15) is 5.10 Å². The number of piperazine rings is 1. The first-order chi connectivity index (χ1) is 13.2. The molecule has 2 aromatic rings. The molecule has 2 aliphatic heterocycles. The van der Waals surface area contributed by atoms with Crippen molar-refractivity contribution in [3.05, 3.63) is 47.3 Å². The lowest BCUT2D eigenvalue weighted by molar-refractivity contribution is -0.135. The third-order valence-corrected chi connectivity index (χ3v) is 5.33. The maximum absolute atomic E-state index is 12.9. The van der Waals surface area contributed by atoms with Gasteiger partial charge in [0.2, 0.25) is 5.91 Å². The van der Waals surface area contributed by atoms with Gasteiger partial charge < -0.3 is 14.5 Å². The van der Waals surface area contributed by atoms with Crippen LogP contribution in [0, 0.1) is 0 Å². The fourth-order valence-electron chi connectivity index (χ4n) is 3.81. The molecule has 2 aliphatic rings. The van der Waals surface area contributed by atoms with Gasteiger partial charge in [0.25, 0.3) is 5.91 Å². The van der Waals surface area contributed by atoms with Crippen LogP contribution in [-0.4, -0.2) is 58.1 Å². The van der Waals surface area contributed by atoms with Gasteiger partial charge in [-0.1, -0.05) is 12.1 Å². The molecule has 0 unspecified atom stereocenters. The number of rotatable bonds is 4. The summed E-state index contributed by atoms with van der Waals surface area (Å²) in [4.78, 5) is 29.0. The maximum atomic E-state index is 12.9. The number of aryl methyl sites for hydroxylation is 1. The van der Waals surface area contributed by atoms with E-state index in [0.717, 1.165) is 42.8 Å². The standard InChI is InChI=1S/C20H24N4O3/c1-27-16-6-4-5-15(11-16)13-22-9-10-23(14-19(22)25)20(26)17-12-21-24-8-3-2-7-18(17)24/h4-6,11-12H,2-3,7-10,13-14H2,1H3. The minimum Gasteiger partial charge on any atom is -0.497 e. The summed E-state index contributed by atoms with van der Waals surface area (Å²) < 4.78 is 7.17. The first-order valence-corrected chi connectivity index (χ1v) is 9.40. The molecule has 1 aromatic carbocycles. The summed E-state index contributed by atoms with van der Waals surface area (Å²) >= 11 is 0. The SMILES string of the molecule is COc1cccc(CN2CCN(C(=O)c3cnn4c3CCCC4)CC2=O)c1. The number of aromatic nitrogens is 2. The van der Waals surface area contributed by atoms with Crippen molar-refractivity contribution >= 4 is 11.8 Å². The van der Waals surface area contributed by atoms with E-state index in [1.165, 1.54) is 0 Å². The summed E-state index contributed by atoms with van der Waals surface area (Å²) in [5, 5.41) is 4.34. The van der Waals surface area contributed by atoms with Crippen LogP contribution in [0.15, 0.2) is 30.5 Å². The van der Waals surface area contributed by atoms with Gasteiger partial charge in [-0.05, 0) is 37.0 Å². The van der Waals surface area contributed by atoms with Crippen LogP contribution >= 0.6 is 0 Å². The largest absolute Gasteiger partial charge is 0.497 e. The Morgan fingerprint density at radius 1 is 1.22 bits per heavy atom. The van der Waals surface area contributed by atoms with E-state index >= 15 is 0 Å². The summed E-state index contributed by atoms with van der Waals surface area (Å²) in [6, 6.07) is 7.71. The molecule has 0 saturated carbocycles. The number of hydrogen-bond acceptors (Lipinski definition) is 4. The average Bonchev–Trinajstić information content (AvgIpc) is 3.13. The molecule has 0 spiro atoms. The van der Waals surface area contributed by atoms with Crippen molar-refractivity contribution in [2.24, 2.45) is 0 Å². The van der Waals surface area contributed by atoms with Gasteiger partial charge in [0.1, 0.15) is 12.3 Å². The molecule has 1 saturated heterocycles. The van der Waals surface area contributed by atoms with Gasteiger partial charge in [-0.15, -0.1) is 0 Å². The number of amides is 2. The number of carbonyl (C=O) groups excluding carboxylic acids is 2. The zero-order valence-corrected chi connectivity index (χ0v) is 15.6. The van der Waals surface area contributed by atoms with Crippen molar-refractivity contribution in [1.82, 2.24) is 19.6 Å². The van der Waals surface area contributed by atoms with Crippen molar-refractivity contribution < 1.29 is 14.3 Å². The lowest BCUT2D eigenvalue weighted by atomic mass is 10.1. The Hall–Kier alpha value is -2.83. The first-order valence-electron chi connectivity index (χ1n) is 9.40. The van der Waals surface area contributed by atoms with Gasteiger partial charge in [0.15, 0.2) is 0 Å². The molecule has 0 radical (unpaired) electrons. The molecular formula is C20H24N4O3. The van der Waals surface area contributed by atoms with Gasteiger partial charge >= 0.3 is 0 Å². The number of hydrogen-bond donors (Lipinski definition) is 0. The highest BCUT2D eigenvalue weighted by molar-refractivity contribution is 5.97. The van der Waals surface area contributed by atoms with Crippen molar-refractivity contribution in [2.45, 2.75) is 32.4 Å². The smallest absolute Gasteiger partial charge is 0.257 e. The van der Waals surface area contributed by atoms with Crippen LogP contribution in [0.5, 0.6) is 5.75 Å². The van der Waals surface area contributed by atoms with Crippen molar-refractivity contribution in [2.75, 3.05) is 26.7 Å². The fraction of sp³-hybridized carbons (Fsp3) is 0.450. The number of nitrogens with zero attached hydrogens (tertiary/aromatic N) is 4. The highest BCUT2D eigenvalue weighted by atomic mass is 16.5. The second-order valence-electron chi connectivity index (χ2n) is 7.08. The Bertz CT molecular complexity index is 861. The van der Waals surface area contributed by atoms with Gasteiger partial charge in [0, 0.05) is 26.2 Å². The zero-order valence-electron chi connectivity index (χ0n) is 15.6. The molecule has 7 heteroatoms. The number of carbonyl (C=O) groups is 2. The number of ether oxygens (including phenoxy) is 1. The summed E-state index contributed by atoms with van der Waals surface area (Å²) in [6.07, 6.45) is 4.73. The third-order valence-electron chi connectivity index (χ3n) is 5.33. The van der Waals surface area contributed by atoms with Crippen LogP contribution in [0.3, 0.4) is 0 Å². The van der Waals surface area contributed by atoms with E-state index in [1.807, 2.05) is 28.9 Å². The van der Waals surface area contributed by atoms with Crippen molar-refractivity contribution in [3.63, 3.8) is 0 Å². The predicted molar refractivity (Wildman–Crippen MR) is 99.5 cm³/mol. The van der Waals surface area contributed by atoms with Crippen LogP contribution in [-0.2, 0) is 24.3 Å². The molecule has 0 bridgehead atoms. The lowest BCUT2D eigenvalue weighted by Crippen LogP contribution is -2.51. The van der Waals surface area contributed by atoms with E-state index in [1.54, 1.807) is 23.1 Å². The Balaban J connectivity index is 1.41. The normalized spacial score (nSPS) is 17.0. The van der Waals surface area contributed by atoms with E-state index in [-0.39, 0.29) is 18.4 Å². The molecule has 142 valence electrons. The topological polar surface area (TPSA) is 67.7 Å². The highest BCUT2D eigenvalue weighted by Crippen LogP contribution is 2.21. The molecule has 2 amide bonds. The molecule has 3 heterocycles. The Morgan fingerprint density at radius 3 is 2.93 bits per heavy atom. The highest BCUT2D eigenvalue weighted by Gasteiger charge is 2.30. The molecule has 1 fully saturated rings. The van der Waals surface area contributed by atoms with Crippen LogP contribution < -0.4 is 4.74 Å². The van der Waals surface area contributed by atoms with Gasteiger partial charge in [0.05, 0.1) is 24.6 Å². The summed E-state index contributed by atoms with van der Waals surface area (Å²) in [5.74, 6) is 0.672. The predicted octanol–water partition coefficient (Wildman–Crippen LogP) is 1.71. The quantitative estimate of drug-likeness (QED) is 0.824. The van der Waals surface area contributed by atoms with Gasteiger partial charge in [-0.25, -0.2) is 0 Å². The second-order valence-corrected chi connectivity index (χ2v) is 7.08. The summed E-state index contributed by atoms with van der Waals surface area (Å²) in [6.45, 7) is 2.59. The lowest BCUT2D eigenvalue weighted by Gasteiger charge is -2.34. The Labute approximate surface area is 158 Å². The fourth-order valence-corrected chi connectivity index (χ4v) is 3.81. The zero-order chi connectivity index (χ0) is 18.8. The van der Waals surface area contributed by atoms with E-state index in [9.17, 15) is 9.59 Å². The van der Waals surface area contributed by atoms with Crippen LogP contribution in [0.2, 0.25) is 0 Å². The number of fused-ring (bicyclic) bond motifs is 1. The monoisotopic (exact) mass is 368 g/mol. The summed E-state index contributed by atoms with van der Waals surface area (Å²) in [5.41, 5.74) is 2.69. The van der Waals surface area contributed by atoms with Crippen LogP contribution in [0.4, 0.5) is 0 Å². The molecule has 1 aromatic heterocycles. The van der Waals surface area contributed by atoms with E-state index in [4.69, 9.17) is 4.74 Å². The van der Waals surface area contributed by atoms with Crippen LogP contribution in [0.25, 0.3) is 0 Å². The van der Waals surface area contributed by atoms with Crippen molar-refractivity contribution in [3.8, 4) is 5.75 Å². The van der Waals surface area contributed by atoms with Crippen LogP contribution in [0.1, 0.15) is 34.5 Å². The number of benzene rings is 1. The molecule has 27 heavy (non-hydrogen) atoms. The Kier molecular flexibility index (Phi) is 4.83.